The number of carbonyl (C=O) groups is 3. The van der Waals surface area contributed by atoms with Crippen LogP contribution < -0.4 is 16.5 Å². The number of hydrogen-bond donors (Lipinski definition) is 3. The molecule has 0 spiro atoms. The molecule has 0 heterocycles. The van der Waals surface area contributed by atoms with Crippen molar-refractivity contribution >= 4 is 25.2 Å². The molecule has 0 radical (unpaired) electrons. The summed E-state index contributed by atoms with van der Waals surface area (Å²) in [5.41, 5.74) is 12.0. The minimum Gasteiger partial charge on any atom is -0.385 e. The maximum absolute atomic E-state index is 10.8. The van der Waals surface area contributed by atoms with Gasteiger partial charge in [0.25, 0.3) is 0 Å². The first-order valence-corrected chi connectivity index (χ1v) is 10.9. The van der Waals surface area contributed by atoms with Gasteiger partial charge in [-0.3, -0.25) is 14.6 Å². The molecular formula is C24H42N4O3. The van der Waals surface area contributed by atoms with Gasteiger partial charge < -0.3 is 21.3 Å². The van der Waals surface area contributed by atoms with E-state index in [0.29, 0.717) is 0 Å². The Bertz CT molecular complexity index is 608. The van der Waals surface area contributed by atoms with Crippen LogP contribution in [0.5, 0.6) is 0 Å². The third-order valence-corrected chi connectivity index (χ3v) is 4.52. The van der Waals surface area contributed by atoms with E-state index in [2.05, 4.69) is 24.2 Å². The topological polar surface area (TPSA) is 105 Å². The summed E-state index contributed by atoms with van der Waals surface area (Å²) in [4.78, 5) is 29.0. The lowest BCUT2D eigenvalue weighted by Gasteiger charge is -2.15. The van der Waals surface area contributed by atoms with Crippen LogP contribution in [0.2, 0.25) is 0 Å². The van der Waals surface area contributed by atoms with E-state index in [1.165, 1.54) is 24.3 Å². The highest BCUT2D eigenvalue weighted by molar-refractivity contribution is 5.80. The molecule has 31 heavy (non-hydrogen) atoms. The Morgan fingerprint density at radius 1 is 1.10 bits per heavy atom. The number of nitrogens with two attached hydrogens (primary N) is 1. The summed E-state index contributed by atoms with van der Waals surface area (Å²) in [7, 11) is 1.66. The zero-order valence-corrected chi connectivity index (χ0v) is 19.6. The van der Waals surface area contributed by atoms with Gasteiger partial charge in [-0.15, -0.1) is 0 Å². The molecule has 0 fully saturated rings. The number of anilines is 1. The van der Waals surface area contributed by atoms with Crippen molar-refractivity contribution in [2.24, 2.45) is 5.73 Å². The zero-order chi connectivity index (χ0) is 23.9. The summed E-state index contributed by atoms with van der Waals surface area (Å²) in [6.45, 7) is 11.6. The van der Waals surface area contributed by atoms with Crippen molar-refractivity contribution in [3.8, 4) is 0 Å². The highest BCUT2D eigenvalue weighted by Crippen LogP contribution is 2.17. The predicted octanol–water partition coefficient (Wildman–Crippen LogP) is 4.23. The van der Waals surface area contributed by atoms with E-state index in [1.54, 1.807) is 7.05 Å². The minimum absolute atomic E-state index is 0.719. The number of nitrogens with one attached hydrogen (secondary N) is 2. The van der Waals surface area contributed by atoms with Crippen molar-refractivity contribution in [2.45, 2.75) is 65.2 Å². The first kappa shape index (κ1) is 30.5. The maximum atomic E-state index is 10.8. The Balaban J connectivity index is 0. The van der Waals surface area contributed by atoms with Gasteiger partial charge in [-0.05, 0) is 50.8 Å². The fourth-order valence-electron chi connectivity index (χ4n) is 2.72. The number of unbranched alkanes of at least 4 members (excludes halogenated alkanes) is 5. The molecule has 1 amide bonds. The Morgan fingerprint density at radius 3 is 2.32 bits per heavy atom. The standard InChI is InChI=1S/C15H24N2O.C8H16N2O.CH2O/c1-13-14(12-18)8-7-9-15(13)17-11-6-4-2-3-5-10-16;1-4-5-6-8(2)9-10(3)7-11;1-2/h7-9,12,17H,2-6,10-11,16H2,1H3;7,9H,2,4-6H2,1,3H3;1H2. The van der Waals surface area contributed by atoms with Gasteiger partial charge in [0, 0.05) is 30.5 Å². The van der Waals surface area contributed by atoms with Gasteiger partial charge in [0.05, 0.1) is 0 Å². The van der Waals surface area contributed by atoms with Crippen molar-refractivity contribution in [3.63, 3.8) is 0 Å². The summed E-state index contributed by atoms with van der Waals surface area (Å²) < 4.78 is 0. The molecule has 4 N–H and O–H groups in total. The van der Waals surface area contributed by atoms with Crippen LogP contribution in [0.4, 0.5) is 5.69 Å². The van der Waals surface area contributed by atoms with E-state index >= 15 is 0 Å². The summed E-state index contributed by atoms with van der Waals surface area (Å²) in [6.07, 6.45) is 10.8. The fourth-order valence-corrected chi connectivity index (χ4v) is 2.72. The number of aldehydes is 1. The molecule has 7 heteroatoms. The second-order valence-electron chi connectivity index (χ2n) is 7.16. The molecule has 0 aliphatic rings. The molecule has 0 unspecified atom stereocenters. The molecule has 0 atom stereocenters. The van der Waals surface area contributed by atoms with Gasteiger partial charge in [-0.2, -0.15) is 0 Å². The molecular weight excluding hydrogens is 392 g/mol. The van der Waals surface area contributed by atoms with Gasteiger partial charge in [-0.1, -0.05) is 51.3 Å². The number of benzene rings is 1. The Hall–Kier alpha value is -2.67. The van der Waals surface area contributed by atoms with Gasteiger partial charge in [-0.25, -0.2) is 0 Å². The summed E-state index contributed by atoms with van der Waals surface area (Å²) >= 11 is 0. The van der Waals surface area contributed by atoms with Crippen molar-refractivity contribution in [2.75, 3.05) is 25.5 Å². The highest BCUT2D eigenvalue weighted by Gasteiger charge is 2.01. The van der Waals surface area contributed by atoms with Gasteiger partial charge in [0.2, 0.25) is 6.41 Å². The van der Waals surface area contributed by atoms with Crippen LogP contribution in [-0.2, 0) is 9.59 Å². The summed E-state index contributed by atoms with van der Waals surface area (Å²) in [6, 6.07) is 5.79. The molecule has 1 aromatic rings. The van der Waals surface area contributed by atoms with E-state index in [-0.39, 0.29) is 0 Å². The molecule has 1 rings (SSSR count). The second kappa shape index (κ2) is 22.0. The number of amides is 1. The molecule has 0 aliphatic carbocycles. The van der Waals surface area contributed by atoms with Gasteiger partial charge >= 0.3 is 0 Å². The molecule has 176 valence electrons. The number of allylic oxidation sites excluding steroid dienone is 1. The van der Waals surface area contributed by atoms with Crippen LogP contribution in [0, 0.1) is 6.92 Å². The lowest BCUT2D eigenvalue weighted by molar-refractivity contribution is -0.119. The molecule has 0 bridgehead atoms. The van der Waals surface area contributed by atoms with Crippen LogP contribution in [-0.4, -0.2) is 44.6 Å². The summed E-state index contributed by atoms with van der Waals surface area (Å²) in [5, 5.41) is 4.75. The molecule has 7 nitrogen and oxygen atoms in total. The number of nitrogens with zero attached hydrogens (tertiary/aromatic N) is 1. The number of hydrogen-bond acceptors (Lipinski definition) is 6. The van der Waals surface area contributed by atoms with Gasteiger partial charge in [0.15, 0.2) is 0 Å². The second-order valence-corrected chi connectivity index (χ2v) is 7.16. The Morgan fingerprint density at radius 2 is 1.74 bits per heavy atom. The quantitative estimate of drug-likeness (QED) is 0.217. The third-order valence-electron chi connectivity index (χ3n) is 4.52. The predicted molar refractivity (Wildman–Crippen MR) is 130 cm³/mol. The average molecular weight is 435 g/mol. The van der Waals surface area contributed by atoms with Crippen molar-refractivity contribution < 1.29 is 14.4 Å². The van der Waals surface area contributed by atoms with Crippen LogP contribution in [0.3, 0.4) is 0 Å². The third kappa shape index (κ3) is 16.8. The van der Waals surface area contributed by atoms with Crippen LogP contribution in [0.15, 0.2) is 30.5 Å². The normalized spacial score (nSPS) is 9.29. The minimum atomic E-state index is 0.719. The zero-order valence-electron chi connectivity index (χ0n) is 19.6. The largest absolute Gasteiger partial charge is 0.385 e. The van der Waals surface area contributed by atoms with Crippen LogP contribution in [0.25, 0.3) is 0 Å². The van der Waals surface area contributed by atoms with Gasteiger partial charge in [0.1, 0.15) is 13.1 Å². The monoisotopic (exact) mass is 434 g/mol. The molecule has 0 saturated carbocycles. The SMILES string of the molecule is C=C(CCCC)NN(C)C=O.C=O.Cc1c(C=O)cccc1NCCCCCCCN. The van der Waals surface area contributed by atoms with E-state index in [4.69, 9.17) is 10.5 Å². The molecule has 0 aromatic heterocycles. The van der Waals surface area contributed by atoms with Crippen molar-refractivity contribution in [1.29, 1.82) is 0 Å². The van der Waals surface area contributed by atoms with Crippen LogP contribution in [0.1, 0.15) is 74.2 Å². The summed E-state index contributed by atoms with van der Waals surface area (Å²) in [5.74, 6) is 0. The van der Waals surface area contributed by atoms with E-state index < -0.39 is 0 Å². The molecule has 0 saturated heterocycles. The van der Waals surface area contributed by atoms with E-state index in [9.17, 15) is 9.59 Å². The number of carbonyl (C=O) groups excluding carboxylic acids is 3. The highest BCUT2D eigenvalue weighted by atomic mass is 16.1. The first-order valence-electron chi connectivity index (χ1n) is 10.9. The lowest BCUT2D eigenvalue weighted by Crippen LogP contribution is -2.31. The molecule has 1 aromatic carbocycles. The molecule has 0 aliphatic heterocycles. The number of rotatable bonds is 15. The first-order chi connectivity index (χ1) is 15.0. The fraction of sp³-hybridized carbons (Fsp3) is 0.542. The van der Waals surface area contributed by atoms with E-state index in [0.717, 1.165) is 80.4 Å². The van der Waals surface area contributed by atoms with Crippen LogP contribution >= 0.6 is 0 Å². The van der Waals surface area contributed by atoms with Crippen molar-refractivity contribution in [3.05, 3.63) is 41.6 Å². The average Bonchev–Trinajstić information content (AvgIpc) is 2.79. The number of hydrazine groups is 1. The van der Waals surface area contributed by atoms with Crippen molar-refractivity contribution in [1.82, 2.24) is 10.4 Å². The Kier molecular flexibility index (Phi) is 21.7. The van der Waals surface area contributed by atoms with E-state index in [1.807, 2.05) is 31.9 Å². The smallest absolute Gasteiger partial charge is 0.227 e. The maximum Gasteiger partial charge on any atom is 0.227 e. The lowest BCUT2D eigenvalue weighted by atomic mass is 10.1. The Labute approximate surface area is 188 Å².